The molecule has 0 radical (unpaired) electrons. The van der Waals surface area contributed by atoms with E-state index in [1.54, 1.807) is 0 Å². The maximum atomic E-state index is 5.85. The highest BCUT2D eigenvalue weighted by Crippen LogP contribution is 2.30. The summed E-state index contributed by atoms with van der Waals surface area (Å²) in [6, 6.07) is 0. The molecule has 0 heterocycles. The van der Waals surface area contributed by atoms with Crippen molar-refractivity contribution in [3.05, 3.63) is 0 Å². The predicted octanol–water partition coefficient (Wildman–Crippen LogP) is 2.11. The maximum absolute atomic E-state index is 5.85. The highest BCUT2D eigenvalue weighted by molar-refractivity contribution is 5.98. The molecule has 0 aliphatic carbocycles. The quantitative estimate of drug-likeness (QED) is 0.520. The third-order valence-corrected chi connectivity index (χ3v) is 3.56. The smallest absolute Gasteiger partial charge is 0.149 e. The molecule has 0 saturated carbocycles. The summed E-state index contributed by atoms with van der Waals surface area (Å²) in [6.45, 7) is 13.2. The van der Waals surface area contributed by atoms with Crippen LogP contribution in [0.5, 0.6) is 0 Å². The first-order chi connectivity index (χ1) is 6.32. The zero-order valence-corrected chi connectivity index (χ0v) is 12.8. The van der Waals surface area contributed by atoms with E-state index < -0.39 is 0 Å². The van der Waals surface area contributed by atoms with E-state index in [4.69, 9.17) is 9.16 Å². The first-order valence-electron chi connectivity index (χ1n) is 5.51. The van der Waals surface area contributed by atoms with E-state index in [0.717, 1.165) is 16.9 Å². The van der Waals surface area contributed by atoms with Gasteiger partial charge >= 0.3 is 0 Å². The minimum atomic E-state index is 0.00136. The van der Waals surface area contributed by atoms with Gasteiger partial charge in [0.1, 0.15) is 16.8 Å². The van der Waals surface area contributed by atoms with Crippen LogP contribution in [0, 0.1) is 11.3 Å². The van der Waals surface area contributed by atoms with Crippen molar-refractivity contribution in [1.29, 1.82) is 0 Å². The Morgan fingerprint density at radius 1 is 1.21 bits per heavy atom. The molecule has 0 spiro atoms. The molecular weight excluding hydrogens is 192 g/mol. The van der Waals surface area contributed by atoms with Gasteiger partial charge in [-0.25, -0.2) is 0 Å². The number of hydrogen-bond donors (Lipinski definition) is 0. The highest BCUT2D eigenvalue weighted by Gasteiger charge is 2.27. The molecule has 0 bridgehead atoms. The monoisotopic (exact) mass is 218 g/mol. The summed E-state index contributed by atoms with van der Waals surface area (Å²) in [4.78, 5) is 0. The molecule has 0 aliphatic heterocycles. The summed E-state index contributed by atoms with van der Waals surface area (Å²) in [5.74, 6) is 0.536. The Morgan fingerprint density at radius 2 is 1.71 bits per heavy atom. The van der Waals surface area contributed by atoms with Crippen molar-refractivity contribution in [3.8, 4) is 0 Å². The first kappa shape index (κ1) is 14.1. The molecule has 86 valence electrons. The van der Waals surface area contributed by atoms with Crippen molar-refractivity contribution in [2.75, 3.05) is 0 Å². The Morgan fingerprint density at radius 3 is 2.00 bits per heavy atom. The maximum Gasteiger partial charge on any atom is 0.149 e. The lowest BCUT2D eigenvalue weighted by atomic mass is 9.79. The van der Waals surface area contributed by atoms with E-state index in [9.17, 15) is 0 Å². The van der Waals surface area contributed by atoms with Gasteiger partial charge in [0.25, 0.3) is 0 Å². The molecule has 0 amide bonds. The molecule has 0 aromatic carbocycles. The van der Waals surface area contributed by atoms with Gasteiger partial charge in [0.05, 0.1) is 6.10 Å². The molecule has 3 heteroatoms. The Hall–Kier alpha value is 0.137. The minimum absolute atomic E-state index is 0.00136. The van der Waals surface area contributed by atoms with Crippen LogP contribution in [0.25, 0.3) is 0 Å². The third kappa shape index (κ3) is 4.58. The van der Waals surface area contributed by atoms with Gasteiger partial charge in [-0.05, 0) is 24.7 Å². The second-order valence-electron chi connectivity index (χ2n) is 5.07. The van der Waals surface area contributed by atoms with Gasteiger partial charge in [-0.15, -0.1) is 0 Å². The number of rotatable bonds is 5. The summed E-state index contributed by atoms with van der Waals surface area (Å²) < 4.78 is 11.2. The van der Waals surface area contributed by atoms with Gasteiger partial charge in [-0.1, -0.05) is 34.6 Å². The lowest BCUT2D eigenvalue weighted by molar-refractivity contribution is -0.138. The van der Waals surface area contributed by atoms with Gasteiger partial charge in [-0.2, -0.15) is 0 Å². The zero-order chi connectivity index (χ0) is 11.4. The predicted molar refractivity (Wildman–Crippen MR) is 64.3 cm³/mol. The van der Waals surface area contributed by atoms with Gasteiger partial charge in [-0.3, -0.25) is 0 Å². The van der Waals surface area contributed by atoms with Crippen LogP contribution in [0.3, 0.4) is 0 Å². The summed E-state index contributed by atoms with van der Waals surface area (Å²) >= 11 is 0. The molecule has 0 saturated heterocycles. The highest BCUT2D eigenvalue weighted by atomic mass is 28.2. The molecule has 0 N–H and O–H groups in total. The summed E-state index contributed by atoms with van der Waals surface area (Å²) in [7, 11) is 0.747. The van der Waals surface area contributed by atoms with Crippen molar-refractivity contribution in [2.45, 2.75) is 60.4 Å². The molecule has 0 fully saturated rings. The molecule has 0 aromatic rings. The zero-order valence-electron chi connectivity index (χ0n) is 10.8. The molecule has 0 aliphatic rings. The van der Waals surface area contributed by atoms with Crippen molar-refractivity contribution in [1.82, 2.24) is 0 Å². The molecule has 3 unspecified atom stereocenters. The van der Waals surface area contributed by atoms with Crippen molar-refractivity contribution < 1.29 is 9.16 Å². The fraction of sp³-hybridized carbons (Fsp3) is 1.00. The van der Waals surface area contributed by atoms with Crippen LogP contribution in [-0.4, -0.2) is 22.9 Å². The molecule has 14 heavy (non-hydrogen) atoms. The standard InChI is InChI=1S/C11H26O2Si/c1-7-10(13-14)12-9(3)8(2)11(4,5)6/h8-10H,7H2,1-6,14H3. The van der Waals surface area contributed by atoms with Crippen LogP contribution < -0.4 is 0 Å². The van der Waals surface area contributed by atoms with Crippen LogP contribution in [0.1, 0.15) is 48.0 Å². The Balaban J connectivity index is 4.13. The van der Waals surface area contributed by atoms with E-state index in [0.29, 0.717) is 11.3 Å². The van der Waals surface area contributed by atoms with Gasteiger partial charge in [0.2, 0.25) is 0 Å². The number of ether oxygens (including phenoxy) is 1. The van der Waals surface area contributed by atoms with E-state index >= 15 is 0 Å². The summed E-state index contributed by atoms with van der Waals surface area (Å²) in [5.41, 5.74) is 0.295. The molecule has 2 nitrogen and oxygen atoms in total. The Labute approximate surface area is 91.9 Å². The summed E-state index contributed by atoms with van der Waals surface area (Å²) in [5, 5.41) is 0. The second-order valence-corrected chi connectivity index (χ2v) is 5.54. The molecule has 3 atom stereocenters. The average molecular weight is 218 g/mol. The van der Waals surface area contributed by atoms with Crippen LogP contribution in [-0.2, 0) is 9.16 Å². The van der Waals surface area contributed by atoms with Crippen molar-refractivity contribution in [2.24, 2.45) is 11.3 Å². The second kappa shape index (κ2) is 5.88. The van der Waals surface area contributed by atoms with Gasteiger partial charge in [0, 0.05) is 0 Å². The van der Waals surface area contributed by atoms with Crippen LogP contribution >= 0.6 is 0 Å². The molecular formula is C11H26O2Si. The SMILES string of the molecule is CCC(O[SiH3])OC(C)C(C)C(C)(C)C. The summed E-state index contributed by atoms with van der Waals surface area (Å²) in [6.07, 6.45) is 1.19. The van der Waals surface area contributed by atoms with E-state index in [1.165, 1.54) is 0 Å². The van der Waals surface area contributed by atoms with Crippen LogP contribution in [0.15, 0.2) is 0 Å². The lowest BCUT2D eigenvalue weighted by Gasteiger charge is -2.34. The normalized spacial score (nSPS) is 19.3. The fourth-order valence-corrected chi connectivity index (χ4v) is 1.82. The van der Waals surface area contributed by atoms with Gasteiger partial charge in [0.15, 0.2) is 0 Å². The van der Waals surface area contributed by atoms with E-state index in [1.807, 2.05) is 0 Å². The topological polar surface area (TPSA) is 18.5 Å². The average Bonchev–Trinajstić information content (AvgIpc) is 2.11. The van der Waals surface area contributed by atoms with E-state index in [-0.39, 0.29) is 12.4 Å². The lowest BCUT2D eigenvalue weighted by Crippen LogP contribution is -2.33. The van der Waals surface area contributed by atoms with E-state index in [2.05, 4.69) is 41.5 Å². The third-order valence-electron chi connectivity index (χ3n) is 3.03. The number of hydrogen-bond acceptors (Lipinski definition) is 2. The molecule has 0 aromatic heterocycles. The largest absolute Gasteiger partial charge is 0.404 e. The van der Waals surface area contributed by atoms with Gasteiger partial charge < -0.3 is 9.16 Å². The minimum Gasteiger partial charge on any atom is -0.404 e. The fourth-order valence-electron chi connectivity index (χ4n) is 1.38. The van der Waals surface area contributed by atoms with Crippen LogP contribution in [0.4, 0.5) is 0 Å². The van der Waals surface area contributed by atoms with Crippen molar-refractivity contribution >= 4 is 10.5 Å². The Kier molecular flexibility index (Phi) is 5.94. The van der Waals surface area contributed by atoms with Crippen LogP contribution in [0.2, 0.25) is 0 Å². The first-order valence-corrected chi connectivity index (χ1v) is 6.32. The molecule has 0 rings (SSSR count). The van der Waals surface area contributed by atoms with Crippen molar-refractivity contribution in [3.63, 3.8) is 0 Å². The Bertz CT molecular complexity index is 150.